The van der Waals surface area contributed by atoms with Gasteiger partial charge >= 0.3 is 0 Å². The van der Waals surface area contributed by atoms with E-state index in [1.807, 2.05) is 18.7 Å². The first-order chi connectivity index (χ1) is 9.15. The van der Waals surface area contributed by atoms with Crippen LogP contribution >= 0.6 is 0 Å². The standard InChI is InChI=1S/C14H21N5/c1-8-12-13(18(2)17-8)19(14(15)16-12)7-11(9-3-4-9)10-5-6-10/h9-11H,3-7H2,1-2H3,(H2,15,16). The van der Waals surface area contributed by atoms with Gasteiger partial charge in [-0.3, -0.25) is 9.25 Å². The predicted molar refractivity (Wildman–Crippen MR) is 74.6 cm³/mol. The summed E-state index contributed by atoms with van der Waals surface area (Å²) in [5, 5.41) is 4.46. The Morgan fingerprint density at radius 3 is 2.47 bits per heavy atom. The molecule has 0 aliphatic heterocycles. The molecular weight excluding hydrogens is 238 g/mol. The second-order valence-corrected chi connectivity index (χ2v) is 6.30. The van der Waals surface area contributed by atoms with E-state index in [4.69, 9.17) is 5.73 Å². The van der Waals surface area contributed by atoms with E-state index in [1.54, 1.807) is 0 Å². The van der Waals surface area contributed by atoms with Crippen molar-refractivity contribution in [3.8, 4) is 0 Å². The van der Waals surface area contributed by atoms with Crippen LogP contribution < -0.4 is 5.73 Å². The largest absolute Gasteiger partial charge is 0.369 e. The van der Waals surface area contributed by atoms with Crippen LogP contribution in [0.5, 0.6) is 0 Å². The molecule has 2 heterocycles. The normalized spacial score (nSPS) is 19.7. The molecule has 19 heavy (non-hydrogen) atoms. The van der Waals surface area contributed by atoms with E-state index in [9.17, 15) is 0 Å². The number of imidazole rings is 1. The lowest BCUT2D eigenvalue weighted by Crippen LogP contribution is -2.17. The van der Waals surface area contributed by atoms with Crippen molar-refractivity contribution in [2.75, 3.05) is 5.73 Å². The van der Waals surface area contributed by atoms with Gasteiger partial charge in [-0.2, -0.15) is 5.10 Å². The topological polar surface area (TPSA) is 61.7 Å². The van der Waals surface area contributed by atoms with Crippen molar-refractivity contribution in [2.45, 2.75) is 39.2 Å². The van der Waals surface area contributed by atoms with Gasteiger partial charge in [-0.1, -0.05) is 0 Å². The van der Waals surface area contributed by atoms with E-state index >= 15 is 0 Å². The second kappa shape index (κ2) is 3.74. The van der Waals surface area contributed by atoms with Crippen LogP contribution in [-0.2, 0) is 13.6 Å². The number of rotatable bonds is 4. The van der Waals surface area contributed by atoms with Crippen LogP contribution in [-0.4, -0.2) is 19.3 Å². The Hall–Kier alpha value is -1.52. The fourth-order valence-corrected chi connectivity index (χ4v) is 3.47. The Labute approximate surface area is 112 Å². The van der Waals surface area contributed by atoms with E-state index in [0.29, 0.717) is 5.95 Å². The van der Waals surface area contributed by atoms with Crippen molar-refractivity contribution in [3.05, 3.63) is 5.69 Å². The molecule has 2 N–H and O–H groups in total. The number of aryl methyl sites for hydroxylation is 2. The molecule has 5 nitrogen and oxygen atoms in total. The Kier molecular flexibility index (Phi) is 2.23. The summed E-state index contributed by atoms with van der Waals surface area (Å²) in [6, 6.07) is 0. The monoisotopic (exact) mass is 259 g/mol. The number of hydrogen-bond acceptors (Lipinski definition) is 3. The van der Waals surface area contributed by atoms with Crippen molar-refractivity contribution in [1.82, 2.24) is 19.3 Å². The van der Waals surface area contributed by atoms with E-state index in [1.165, 1.54) is 25.7 Å². The highest BCUT2D eigenvalue weighted by atomic mass is 15.3. The number of fused-ring (bicyclic) bond motifs is 1. The molecule has 4 rings (SSSR count). The molecule has 102 valence electrons. The zero-order chi connectivity index (χ0) is 13.1. The van der Waals surface area contributed by atoms with Gasteiger partial charge < -0.3 is 5.73 Å². The van der Waals surface area contributed by atoms with E-state index < -0.39 is 0 Å². The van der Waals surface area contributed by atoms with Crippen LogP contribution in [0.3, 0.4) is 0 Å². The number of anilines is 1. The van der Waals surface area contributed by atoms with Crippen molar-refractivity contribution < 1.29 is 0 Å². The Balaban J connectivity index is 1.74. The molecule has 5 heteroatoms. The Morgan fingerprint density at radius 2 is 1.89 bits per heavy atom. The van der Waals surface area contributed by atoms with Gasteiger partial charge in [0, 0.05) is 13.6 Å². The maximum Gasteiger partial charge on any atom is 0.202 e. The fraction of sp³-hybridized carbons (Fsp3) is 0.714. The van der Waals surface area contributed by atoms with Gasteiger partial charge in [-0.15, -0.1) is 0 Å². The van der Waals surface area contributed by atoms with Gasteiger partial charge in [0.2, 0.25) is 5.95 Å². The van der Waals surface area contributed by atoms with Gasteiger partial charge in [0.15, 0.2) is 5.65 Å². The summed E-state index contributed by atoms with van der Waals surface area (Å²) in [6.07, 6.45) is 5.62. The zero-order valence-corrected chi connectivity index (χ0v) is 11.6. The van der Waals surface area contributed by atoms with Crippen molar-refractivity contribution >= 4 is 17.1 Å². The molecule has 2 aromatic heterocycles. The summed E-state index contributed by atoms with van der Waals surface area (Å²) >= 11 is 0. The lowest BCUT2D eigenvalue weighted by Gasteiger charge is -2.17. The summed E-state index contributed by atoms with van der Waals surface area (Å²) in [5.74, 6) is 3.31. The van der Waals surface area contributed by atoms with Crippen LogP contribution in [0.15, 0.2) is 0 Å². The summed E-state index contributed by atoms with van der Waals surface area (Å²) in [7, 11) is 1.98. The smallest absolute Gasteiger partial charge is 0.202 e. The number of hydrogen-bond donors (Lipinski definition) is 1. The highest BCUT2D eigenvalue weighted by Crippen LogP contribution is 2.50. The summed E-state index contributed by atoms with van der Waals surface area (Å²) in [4.78, 5) is 4.50. The van der Waals surface area contributed by atoms with Crippen LogP contribution in [0.25, 0.3) is 11.2 Å². The second-order valence-electron chi connectivity index (χ2n) is 6.30. The lowest BCUT2D eigenvalue weighted by molar-refractivity contribution is 0.353. The molecule has 2 aromatic rings. The molecule has 0 amide bonds. The first-order valence-corrected chi connectivity index (χ1v) is 7.30. The average molecular weight is 259 g/mol. The SMILES string of the molecule is Cc1nn(C)c2c1nc(N)n2CC(C1CC1)C1CC1. The number of nitrogens with two attached hydrogens (primary N) is 1. The van der Waals surface area contributed by atoms with Crippen molar-refractivity contribution in [1.29, 1.82) is 0 Å². The van der Waals surface area contributed by atoms with Gasteiger partial charge in [-0.05, 0) is 50.4 Å². The molecule has 0 spiro atoms. The molecule has 0 unspecified atom stereocenters. The first kappa shape index (κ1) is 11.3. The third-order valence-corrected chi connectivity index (χ3v) is 4.77. The molecule has 0 saturated heterocycles. The summed E-state index contributed by atoms with van der Waals surface area (Å²) in [5.41, 5.74) is 9.15. The third kappa shape index (κ3) is 1.75. The van der Waals surface area contributed by atoms with Gasteiger partial charge in [0.1, 0.15) is 5.52 Å². The highest BCUT2D eigenvalue weighted by Gasteiger charge is 2.41. The minimum Gasteiger partial charge on any atom is -0.369 e. The minimum absolute atomic E-state index is 0.650. The van der Waals surface area contributed by atoms with E-state index in [2.05, 4.69) is 14.6 Å². The molecule has 0 aromatic carbocycles. The van der Waals surface area contributed by atoms with Gasteiger partial charge in [0.05, 0.1) is 5.69 Å². The van der Waals surface area contributed by atoms with Crippen LogP contribution in [0.2, 0.25) is 0 Å². The number of nitrogens with zero attached hydrogens (tertiary/aromatic N) is 4. The first-order valence-electron chi connectivity index (χ1n) is 7.30. The third-order valence-electron chi connectivity index (χ3n) is 4.77. The molecule has 2 fully saturated rings. The Morgan fingerprint density at radius 1 is 1.26 bits per heavy atom. The molecule has 0 radical (unpaired) electrons. The van der Waals surface area contributed by atoms with Crippen LogP contribution in [0.4, 0.5) is 5.95 Å². The van der Waals surface area contributed by atoms with Crippen molar-refractivity contribution in [3.63, 3.8) is 0 Å². The van der Waals surface area contributed by atoms with Crippen LogP contribution in [0, 0.1) is 24.7 Å². The molecule has 2 aliphatic carbocycles. The Bertz CT molecular complexity index is 618. The summed E-state index contributed by atoms with van der Waals surface area (Å²) < 4.78 is 4.11. The molecule has 0 atom stereocenters. The predicted octanol–water partition coefficient (Wildman–Crippen LogP) is 2.10. The molecule has 2 saturated carbocycles. The van der Waals surface area contributed by atoms with Gasteiger partial charge in [0.25, 0.3) is 0 Å². The van der Waals surface area contributed by atoms with Gasteiger partial charge in [-0.25, -0.2) is 4.98 Å². The lowest BCUT2D eigenvalue weighted by atomic mass is 9.98. The summed E-state index contributed by atoms with van der Waals surface area (Å²) in [6.45, 7) is 3.02. The quantitative estimate of drug-likeness (QED) is 0.914. The average Bonchev–Trinajstić information content (AvgIpc) is 3.25. The molecular formula is C14H21N5. The zero-order valence-electron chi connectivity index (χ0n) is 11.6. The minimum atomic E-state index is 0.650. The van der Waals surface area contributed by atoms with E-state index in [-0.39, 0.29) is 0 Å². The number of nitrogen functional groups attached to an aromatic ring is 1. The van der Waals surface area contributed by atoms with E-state index in [0.717, 1.165) is 41.2 Å². The molecule has 0 bridgehead atoms. The van der Waals surface area contributed by atoms with Crippen molar-refractivity contribution in [2.24, 2.45) is 24.8 Å². The highest BCUT2D eigenvalue weighted by molar-refractivity contribution is 5.77. The fourth-order valence-electron chi connectivity index (χ4n) is 3.47. The maximum absolute atomic E-state index is 6.14. The maximum atomic E-state index is 6.14. The number of aromatic nitrogens is 4. The van der Waals surface area contributed by atoms with Crippen LogP contribution in [0.1, 0.15) is 31.4 Å². The molecule has 2 aliphatic rings.